The van der Waals surface area contributed by atoms with Gasteiger partial charge in [-0.05, 0) is 36.8 Å². The molecule has 1 amide bonds. The van der Waals surface area contributed by atoms with Crippen molar-refractivity contribution < 1.29 is 9.53 Å². The van der Waals surface area contributed by atoms with Crippen molar-refractivity contribution >= 4 is 16.9 Å². The van der Waals surface area contributed by atoms with Gasteiger partial charge in [0, 0.05) is 13.1 Å². The summed E-state index contributed by atoms with van der Waals surface area (Å²) in [6, 6.07) is 15.6. The number of nitrogens with one attached hydrogen (secondary N) is 1. The maximum Gasteiger partial charge on any atom is 0.224 e. The fourth-order valence-corrected chi connectivity index (χ4v) is 2.78. The minimum atomic E-state index is 0.0160. The van der Waals surface area contributed by atoms with Crippen molar-refractivity contribution in [3.63, 3.8) is 0 Å². The molecule has 0 spiro atoms. The minimum Gasteiger partial charge on any atom is -0.497 e. The van der Waals surface area contributed by atoms with Crippen LogP contribution in [0.5, 0.6) is 5.75 Å². The minimum absolute atomic E-state index is 0.0160. The van der Waals surface area contributed by atoms with Gasteiger partial charge in [0.2, 0.25) is 5.91 Å². The molecule has 0 fully saturated rings. The van der Waals surface area contributed by atoms with Crippen LogP contribution < -0.4 is 10.1 Å². The normalized spacial score (nSPS) is 10.8. The Bertz CT molecular complexity index is 837. The molecular formula is C19H21N3O2. The van der Waals surface area contributed by atoms with Crippen LogP contribution in [0.4, 0.5) is 0 Å². The third-order valence-corrected chi connectivity index (χ3v) is 4.03. The molecule has 0 saturated carbocycles. The molecule has 5 nitrogen and oxygen atoms in total. The zero-order chi connectivity index (χ0) is 16.9. The van der Waals surface area contributed by atoms with E-state index in [0.717, 1.165) is 28.2 Å². The molecule has 24 heavy (non-hydrogen) atoms. The van der Waals surface area contributed by atoms with Crippen LogP contribution >= 0.6 is 0 Å². The second-order valence-electron chi connectivity index (χ2n) is 5.67. The van der Waals surface area contributed by atoms with Crippen LogP contribution in [0, 0.1) is 6.92 Å². The molecule has 0 bridgehead atoms. The fraction of sp³-hybridized carbons (Fsp3) is 0.263. The predicted molar refractivity (Wildman–Crippen MR) is 94.2 cm³/mol. The number of methoxy groups -OCH3 is 1. The Morgan fingerprint density at radius 1 is 1.17 bits per heavy atom. The number of imidazole rings is 1. The first-order chi connectivity index (χ1) is 11.7. The molecule has 0 atom stereocenters. The Morgan fingerprint density at radius 2 is 1.92 bits per heavy atom. The van der Waals surface area contributed by atoms with Crippen LogP contribution in [0.2, 0.25) is 0 Å². The monoisotopic (exact) mass is 323 g/mol. The quantitative estimate of drug-likeness (QED) is 0.759. The van der Waals surface area contributed by atoms with Crippen molar-refractivity contribution in [3.05, 3.63) is 59.9 Å². The third-order valence-electron chi connectivity index (χ3n) is 4.03. The van der Waals surface area contributed by atoms with E-state index in [1.807, 2.05) is 49.4 Å². The number of aromatic nitrogens is 2. The second-order valence-corrected chi connectivity index (χ2v) is 5.67. The average molecular weight is 323 g/mol. The number of para-hydroxylation sites is 2. The summed E-state index contributed by atoms with van der Waals surface area (Å²) in [5, 5.41) is 2.97. The second kappa shape index (κ2) is 7.17. The zero-order valence-electron chi connectivity index (χ0n) is 14.0. The number of ether oxygens (including phenoxy) is 1. The molecule has 0 aliphatic carbocycles. The number of nitrogens with zero attached hydrogens (tertiary/aromatic N) is 2. The molecule has 0 saturated heterocycles. The van der Waals surface area contributed by atoms with Gasteiger partial charge in [0.05, 0.1) is 24.6 Å². The summed E-state index contributed by atoms with van der Waals surface area (Å²) in [5.74, 6) is 1.77. The first-order valence-corrected chi connectivity index (χ1v) is 7.99. The Kier molecular flexibility index (Phi) is 4.79. The van der Waals surface area contributed by atoms with Crippen molar-refractivity contribution in [3.8, 4) is 5.75 Å². The molecule has 0 aliphatic heterocycles. The van der Waals surface area contributed by atoms with E-state index >= 15 is 0 Å². The molecule has 1 aromatic heterocycles. The maximum absolute atomic E-state index is 12.1. The lowest BCUT2D eigenvalue weighted by Crippen LogP contribution is -2.28. The van der Waals surface area contributed by atoms with E-state index in [4.69, 9.17) is 4.74 Å². The number of amides is 1. The third kappa shape index (κ3) is 3.56. The number of hydrogen-bond donors (Lipinski definition) is 1. The molecule has 124 valence electrons. The summed E-state index contributed by atoms with van der Waals surface area (Å²) in [4.78, 5) is 16.6. The molecule has 2 aromatic carbocycles. The van der Waals surface area contributed by atoms with E-state index in [9.17, 15) is 4.79 Å². The summed E-state index contributed by atoms with van der Waals surface area (Å²) in [5.41, 5.74) is 3.05. The average Bonchev–Trinajstić information content (AvgIpc) is 2.91. The van der Waals surface area contributed by atoms with Crippen LogP contribution in [0.1, 0.15) is 11.4 Å². The summed E-state index contributed by atoms with van der Waals surface area (Å²) in [7, 11) is 1.63. The van der Waals surface area contributed by atoms with E-state index < -0.39 is 0 Å². The SMILES string of the molecule is COc1ccc(CC(=O)NCCn2c(C)nc3ccccc32)cc1. The molecule has 1 N–H and O–H groups in total. The van der Waals surface area contributed by atoms with E-state index in [1.54, 1.807) is 7.11 Å². The summed E-state index contributed by atoms with van der Waals surface area (Å²) < 4.78 is 7.25. The first-order valence-electron chi connectivity index (χ1n) is 7.99. The molecule has 0 radical (unpaired) electrons. The highest BCUT2D eigenvalue weighted by Gasteiger charge is 2.07. The van der Waals surface area contributed by atoms with Crippen LogP contribution in [0.15, 0.2) is 48.5 Å². The van der Waals surface area contributed by atoms with Gasteiger partial charge in [-0.3, -0.25) is 4.79 Å². The summed E-state index contributed by atoms with van der Waals surface area (Å²) in [6.45, 7) is 3.27. The van der Waals surface area contributed by atoms with E-state index in [2.05, 4.69) is 20.9 Å². The molecule has 1 heterocycles. The number of carbonyl (C=O) groups excluding carboxylic acids is 1. The molecule has 0 unspecified atom stereocenters. The van der Waals surface area contributed by atoms with Crippen LogP contribution in [-0.4, -0.2) is 29.1 Å². The predicted octanol–water partition coefficient (Wildman–Crippen LogP) is 2.71. The number of benzene rings is 2. The molecule has 0 aliphatic rings. The molecule has 5 heteroatoms. The highest BCUT2D eigenvalue weighted by Crippen LogP contribution is 2.15. The summed E-state index contributed by atoms with van der Waals surface area (Å²) in [6.07, 6.45) is 0.369. The van der Waals surface area contributed by atoms with Crippen molar-refractivity contribution in [2.24, 2.45) is 0 Å². The highest BCUT2D eigenvalue weighted by molar-refractivity contribution is 5.78. The lowest BCUT2D eigenvalue weighted by Gasteiger charge is -2.09. The number of fused-ring (bicyclic) bond motifs is 1. The van der Waals surface area contributed by atoms with Crippen molar-refractivity contribution in [1.82, 2.24) is 14.9 Å². The van der Waals surface area contributed by atoms with Crippen molar-refractivity contribution in [2.45, 2.75) is 19.9 Å². The standard InChI is InChI=1S/C19H21N3O2/c1-14-21-17-5-3-4-6-18(17)22(14)12-11-20-19(23)13-15-7-9-16(24-2)10-8-15/h3-10H,11-13H2,1-2H3,(H,20,23). The summed E-state index contributed by atoms with van der Waals surface area (Å²) >= 11 is 0. The Hall–Kier alpha value is -2.82. The number of aryl methyl sites for hydroxylation is 1. The maximum atomic E-state index is 12.1. The molecule has 3 rings (SSSR count). The lowest BCUT2D eigenvalue weighted by molar-refractivity contribution is -0.120. The van der Waals surface area contributed by atoms with Gasteiger partial charge < -0.3 is 14.6 Å². The zero-order valence-corrected chi connectivity index (χ0v) is 14.0. The first kappa shape index (κ1) is 16.1. The lowest BCUT2D eigenvalue weighted by atomic mass is 10.1. The van der Waals surface area contributed by atoms with Crippen LogP contribution in [0.25, 0.3) is 11.0 Å². The van der Waals surface area contributed by atoms with Crippen molar-refractivity contribution in [1.29, 1.82) is 0 Å². The highest BCUT2D eigenvalue weighted by atomic mass is 16.5. The number of hydrogen-bond acceptors (Lipinski definition) is 3. The van der Waals surface area contributed by atoms with E-state index in [-0.39, 0.29) is 5.91 Å². The smallest absolute Gasteiger partial charge is 0.224 e. The molecule has 3 aromatic rings. The van der Waals surface area contributed by atoms with Gasteiger partial charge >= 0.3 is 0 Å². The van der Waals surface area contributed by atoms with Gasteiger partial charge in [-0.2, -0.15) is 0 Å². The van der Waals surface area contributed by atoms with Gasteiger partial charge in [0.25, 0.3) is 0 Å². The Balaban J connectivity index is 1.55. The van der Waals surface area contributed by atoms with Crippen LogP contribution in [0.3, 0.4) is 0 Å². The van der Waals surface area contributed by atoms with Gasteiger partial charge in [0.1, 0.15) is 11.6 Å². The van der Waals surface area contributed by atoms with Gasteiger partial charge in [-0.1, -0.05) is 24.3 Å². The number of carbonyl (C=O) groups is 1. The van der Waals surface area contributed by atoms with Gasteiger partial charge in [0.15, 0.2) is 0 Å². The largest absolute Gasteiger partial charge is 0.497 e. The Labute approximate surface area is 141 Å². The fourth-order valence-electron chi connectivity index (χ4n) is 2.78. The van der Waals surface area contributed by atoms with Gasteiger partial charge in [-0.25, -0.2) is 4.98 Å². The number of rotatable bonds is 6. The van der Waals surface area contributed by atoms with Crippen LogP contribution in [-0.2, 0) is 17.8 Å². The Morgan fingerprint density at radius 3 is 2.67 bits per heavy atom. The van der Waals surface area contributed by atoms with Gasteiger partial charge in [-0.15, -0.1) is 0 Å². The van der Waals surface area contributed by atoms with Crippen molar-refractivity contribution in [2.75, 3.05) is 13.7 Å². The topological polar surface area (TPSA) is 56.1 Å². The van der Waals surface area contributed by atoms with E-state index in [0.29, 0.717) is 19.5 Å². The molecular weight excluding hydrogens is 302 g/mol. The van der Waals surface area contributed by atoms with E-state index in [1.165, 1.54) is 0 Å².